The van der Waals surface area contributed by atoms with Crippen molar-refractivity contribution in [3.63, 3.8) is 0 Å². The van der Waals surface area contributed by atoms with Crippen LogP contribution in [0.25, 0.3) is 10.8 Å². The first-order valence-electron chi connectivity index (χ1n) is 6.08. The molecule has 1 atom stereocenters. The summed E-state index contributed by atoms with van der Waals surface area (Å²) in [5.74, 6) is 1.17. The van der Waals surface area contributed by atoms with Gasteiger partial charge in [0, 0.05) is 10.9 Å². The lowest BCUT2D eigenvalue weighted by Gasteiger charge is -2.09. The second kappa shape index (κ2) is 6.08. The summed E-state index contributed by atoms with van der Waals surface area (Å²) < 4.78 is 0. The van der Waals surface area contributed by atoms with Crippen LogP contribution in [0.5, 0.6) is 0 Å². The topological polar surface area (TPSA) is 12.0 Å². The predicted molar refractivity (Wildman–Crippen MR) is 77.8 cm³/mol. The van der Waals surface area contributed by atoms with Gasteiger partial charge in [0.2, 0.25) is 0 Å². The van der Waals surface area contributed by atoms with Crippen LogP contribution in [0.1, 0.15) is 13.3 Å². The molecule has 1 unspecified atom stereocenters. The van der Waals surface area contributed by atoms with Crippen molar-refractivity contribution in [2.75, 3.05) is 12.8 Å². The second-order valence-corrected chi connectivity index (χ2v) is 5.50. The fraction of sp³-hybridized carbons (Fsp3) is 0.333. The highest BCUT2D eigenvalue weighted by atomic mass is 32.2. The molecule has 2 aromatic rings. The molecule has 90 valence electrons. The van der Waals surface area contributed by atoms with Gasteiger partial charge in [0.15, 0.2) is 0 Å². The lowest BCUT2D eigenvalue weighted by Crippen LogP contribution is -2.21. The number of thioether (sulfide) groups is 1. The van der Waals surface area contributed by atoms with Gasteiger partial charge in [0.05, 0.1) is 0 Å². The highest BCUT2D eigenvalue weighted by Gasteiger charge is 2.00. The fourth-order valence-electron chi connectivity index (χ4n) is 1.76. The smallest absolute Gasteiger partial charge is 0.00783 e. The minimum absolute atomic E-state index is 0.600. The van der Waals surface area contributed by atoms with E-state index in [-0.39, 0.29) is 0 Å². The lowest BCUT2D eigenvalue weighted by molar-refractivity contribution is 0.598. The minimum Gasteiger partial charge on any atom is -0.317 e. The molecule has 0 amide bonds. The molecular weight excluding hydrogens is 226 g/mol. The van der Waals surface area contributed by atoms with Gasteiger partial charge in [-0.3, -0.25) is 0 Å². The number of fused-ring (bicyclic) bond motifs is 1. The van der Waals surface area contributed by atoms with Gasteiger partial charge in [-0.1, -0.05) is 30.3 Å². The van der Waals surface area contributed by atoms with Crippen LogP contribution in [0.4, 0.5) is 0 Å². The highest BCUT2D eigenvalue weighted by molar-refractivity contribution is 7.99. The van der Waals surface area contributed by atoms with E-state index in [1.807, 2.05) is 18.8 Å². The normalized spacial score (nSPS) is 12.8. The first kappa shape index (κ1) is 12.5. The second-order valence-electron chi connectivity index (χ2n) is 4.34. The fourth-order valence-corrected chi connectivity index (χ4v) is 2.84. The van der Waals surface area contributed by atoms with E-state index in [0.29, 0.717) is 6.04 Å². The van der Waals surface area contributed by atoms with Crippen molar-refractivity contribution in [2.24, 2.45) is 0 Å². The van der Waals surface area contributed by atoms with Crippen LogP contribution in [0.15, 0.2) is 47.4 Å². The van der Waals surface area contributed by atoms with E-state index in [0.717, 1.165) is 0 Å². The summed E-state index contributed by atoms with van der Waals surface area (Å²) in [6.07, 6.45) is 1.20. The third kappa shape index (κ3) is 3.48. The van der Waals surface area contributed by atoms with E-state index in [4.69, 9.17) is 0 Å². The molecule has 0 saturated carbocycles. The Kier molecular flexibility index (Phi) is 4.46. The summed E-state index contributed by atoms with van der Waals surface area (Å²) in [6, 6.07) is 15.8. The molecule has 0 radical (unpaired) electrons. The van der Waals surface area contributed by atoms with Crippen molar-refractivity contribution in [3.05, 3.63) is 42.5 Å². The third-order valence-electron chi connectivity index (χ3n) is 3.03. The van der Waals surface area contributed by atoms with Crippen molar-refractivity contribution in [2.45, 2.75) is 24.3 Å². The van der Waals surface area contributed by atoms with E-state index >= 15 is 0 Å². The van der Waals surface area contributed by atoms with Gasteiger partial charge >= 0.3 is 0 Å². The SMILES string of the molecule is CNC(C)CCSc1ccc2ccccc2c1. The number of benzene rings is 2. The van der Waals surface area contributed by atoms with E-state index < -0.39 is 0 Å². The summed E-state index contributed by atoms with van der Waals surface area (Å²) in [6.45, 7) is 2.22. The van der Waals surface area contributed by atoms with Crippen molar-refractivity contribution in [1.82, 2.24) is 5.32 Å². The molecule has 0 aliphatic rings. The number of hydrogen-bond donors (Lipinski definition) is 1. The monoisotopic (exact) mass is 245 g/mol. The van der Waals surface area contributed by atoms with Gasteiger partial charge in [-0.05, 0) is 49.1 Å². The molecule has 0 saturated heterocycles. The molecule has 2 rings (SSSR count). The van der Waals surface area contributed by atoms with Crippen molar-refractivity contribution >= 4 is 22.5 Å². The predicted octanol–water partition coefficient (Wildman–Crippen LogP) is 3.93. The van der Waals surface area contributed by atoms with Crippen LogP contribution in [0.3, 0.4) is 0 Å². The maximum absolute atomic E-state index is 3.27. The molecular formula is C15H19NS. The average molecular weight is 245 g/mol. The molecule has 0 aliphatic heterocycles. The number of nitrogens with one attached hydrogen (secondary N) is 1. The van der Waals surface area contributed by atoms with Crippen LogP contribution in [0.2, 0.25) is 0 Å². The molecule has 0 bridgehead atoms. The van der Waals surface area contributed by atoms with Gasteiger partial charge in [-0.25, -0.2) is 0 Å². The van der Waals surface area contributed by atoms with Gasteiger partial charge in [-0.15, -0.1) is 11.8 Å². The molecule has 0 fully saturated rings. The van der Waals surface area contributed by atoms with E-state index in [9.17, 15) is 0 Å². The van der Waals surface area contributed by atoms with Crippen LogP contribution >= 0.6 is 11.8 Å². The number of rotatable bonds is 5. The Morgan fingerprint density at radius 2 is 1.88 bits per heavy atom. The van der Waals surface area contributed by atoms with Crippen LogP contribution in [0, 0.1) is 0 Å². The molecule has 2 aromatic carbocycles. The largest absolute Gasteiger partial charge is 0.317 e. The van der Waals surface area contributed by atoms with Gasteiger partial charge in [0.1, 0.15) is 0 Å². The number of hydrogen-bond acceptors (Lipinski definition) is 2. The van der Waals surface area contributed by atoms with E-state index in [1.165, 1.54) is 27.8 Å². The molecule has 0 aliphatic carbocycles. The van der Waals surface area contributed by atoms with Gasteiger partial charge < -0.3 is 5.32 Å². The Morgan fingerprint density at radius 1 is 1.12 bits per heavy atom. The van der Waals surface area contributed by atoms with Crippen LogP contribution < -0.4 is 5.32 Å². The van der Waals surface area contributed by atoms with Crippen molar-refractivity contribution in [1.29, 1.82) is 0 Å². The molecule has 2 heteroatoms. The summed E-state index contributed by atoms with van der Waals surface area (Å²) in [7, 11) is 2.02. The Labute approximate surface area is 108 Å². The third-order valence-corrected chi connectivity index (χ3v) is 4.06. The first-order chi connectivity index (χ1) is 8.29. The molecule has 1 N–H and O–H groups in total. The van der Waals surface area contributed by atoms with Gasteiger partial charge in [0.25, 0.3) is 0 Å². The Bertz CT molecular complexity index is 481. The summed E-state index contributed by atoms with van der Waals surface area (Å²) in [4.78, 5) is 1.37. The summed E-state index contributed by atoms with van der Waals surface area (Å²) in [5, 5.41) is 5.92. The zero-order valence-corrected chi connectivity index (χ0v) is 11.3. The molecule has 0 aromatic heterocycles. The maximum atomic E-state index is 3.27. The van der Waals surface area contributed by atoms with Crippen molar-refractivity contribution < 1.29 is 0 Å². The zero-order chi connectivity index (χ0) is 12.1. The quantitative estimate of drug-likeness (QED) is 0.801. The molecule has 0 heterocycles. The summed E-state index contributed by atoms with van der Waals surface area (Å²) >= 11 is 1.94. The average Bonchev–Trinajstić information content (AvgIpc) is 2.38. The van der Waals surface area contributed by atoms with Gasteiger partial charge in [-0.2, -0.15) is 0 Å². The van der Waals surface area contributed by atoms with E-state index in [1.54, 1.807) is 0 Å². The molecule has 1 nitrogen and oxygen atoms in total. The standard InChI is InChI=1S/C15H19NS/c1-12(16-2)9-10-17-15-8-7-13-5-3-4-6-14(13)11-15/h3-8,11-12,16H,9-10H2,1-2H3. The molecule has 0 spiro atoms. The Morgan fingerprint density at radius 3 is 2.65 bits per heavy atom. The Hall–Kier alpha value is -0.990. The summed E-state index contributed by atoms with van der Waals surface area (Å²) in [5.41, 5.74) is 0. The van der Waals surface area contributed by atoms with Crippen LogP contribution in [-0.2, 0) is 0 Å². The first-order valence-corrected chi connectivity index (χ1v) is 7.07. The lowest BCUT2D eigenvalue weighted by atomic mass is 10.1. The highest BCUT2D eigenvalue weighted by Crippen LogP contribution is 2.24. The van der Waals surface area contributed by atoms with Crippen LogP contribution in [-0.4, -0.2) is 18.8 Å². The zero-order valence-electron chi connectivity index (χ0n) is 10.4. The minimum atomic E-state index is 0.600. The molecule has 17 heavy (non-hydrogen) atoms. The van der Waals surface area contributed by atoms with E-state index in [2.05, 4.69) is 54.7 Å². The Balaban J connectivity index is 1.99. The van der Waals surface area contributed by atoms with Crippen molar-refractivity contribution in [3.8, 4) is 0 Å². The maximum Gasteiger partial charge on any atom is 0.00783 e.